The van der Waals surface area contributed by atoms with Gasteiger partial charge in [0.05, 0.1) is 17.8 Å². The molecule has 2 aromatic rings. The summed E-state index contributed by atoms with van der Waals surface area (Å²) in [6, 6.07) is 12.6. The topological polar surface area (TPSA) is 51.7 Å². The number of anilines is 1. The van der Waals surface area contributed by atoms with Gasteiger partial charge in [0.15, 0.2) is 8.32 Å². The normalized spacial score (nSPS) is 16.8. The molecule has 0 fully saturated rings. The van der Waals surface area contributed by atoms with E-state index in [-0.39, 0.29) is 17.4 Å². The average molecular weight is 483 g/mol. The first-order chi connectivity index (χ1) is 15.7. The van der Waals surface area contributed by atoms with Crippen molar-refractivity contribution in [2.45, 2.75) is 84.7 Å². The van der Waals surface area contributed by atoms with Crippen LogP contribution >= 0.6 is 0 Å². The third-order valence-electron chi connectivity index (χ3n) is 6.78. The Kier molecular flexibility index (Phi) is 7.93. The molecule has 1 aliphatic rings. The minimum atomic E-state index is -1.81. The molecule has 1 aliphatic heterocycles. The monoisotopic (exact) mass is 482 g/mol. The Morgan fingerprint density at radius 2 is 1.76 bits per heavy atom. The molecular weight excluding hydrogens is 440 g/mol. The molecule has 1 aromatic carbocycles. The maximum Gasteiger partial charge on any atom is 0.310 e. The van der Waals surface area contributed by atoms with Crippen LogP contribution in [0.25, 0.3) is 0 Å². The van der Waals surface area contributed by atoms with E-state index in [9.17, 15) is 4.79 Å². The van der Waals surface area contributed by atoms with Crippen LogP contribution in [-0.2, 0) is 33.3 Å². The summed E-state index contributed by atoms with van der Waals surface area (Å²) >= 11 is 0. The second-order valence-electron chi connectivity index (χ2n) is 12.1. The number of carbonyl (C=O) groups excluding carboxylic acids is 1. The van der Waals surface area contributed by atoms with Crippen molar-refractivity contribution in [3.05, 3.63) is 59.4 Å². The Bertz CT molecular complexity index is 977. The molecule has 0 spiro atoms. The number of carbonyl (C=O) groups is 1. The summed E-state index contributed by atoms with van der Waals surface area (Å²) in [5, 5.41) is 0.193. The highest BCUT2D eigenvalue weighted by Crippen LogP contribution is 2.38. The number of hydrogen-bond acceptors (Lipinski definition) is 5. The predicted octanol–water partition coefficient (Wildman–Crippen LogP) is 6.17. The first kappa shape index (κ1) is 26.4. The zero-order chi connectivity index (χ0) is 25.1. The summed E-state index contributed by atoms with van der Waals surface area (Å²) in [4.78, 5) is 19.6. The summed E-state index contributed by atoms with van der Waals surface area (Å²) in [5.41, 5.74) is 3.86. The van der Waals surface area contributed by atoms with Gasteiger partial charge in [0.25, 0.3) is 0 Å². The van der Waals surface area contributed by atoms with E-state index in [4.69, 9.17) is 14.1 Å². The van der Waals surface area contributed by atoms with Gasteiger partial charge in [-0.2, -0.15) is 0 Å². The van der Waals surface area contributed by atoms with Gasteiger partial charge in [0.2, 0.25) is 0 Å². The summed E-state index contributed by atoms with van der Waals surface area (Å²) in [6.07, 6.45) is 2.96. The van der Waals surface area contributed by atoms with E-state index < -0.39 is 13.9 Å². The third kappa shape index (κ3) is 7.16. The SMILES string of the molecule is CC(C)(C)OC(=O)Cc1cnc2c(c1)N(Cc1ccccc1)CC(CO[Si](C)(C)C(C)(C)C)C2. The van der Waals surface area contributed by atoms with E-state index in [0.717, 1.165) is 43.1 Å². The van der Waals surface area contributed by atoms with Crippen LogP contribution in [0.2, 0.25) is 18.1 Å². The van der Waals surface area contributed by atoms with Gasteiger partial charge in [-0.15, -0.1) is 0 Å². The molecule has 0 saturated carbocycles. The molecule has 0 N–H and O–H groups in total. The first-order valence-electron chi connectivity index (χ1n) is 12.4. The third-order valence-corrected chi connectivity index (χ3v) is 11.3. The summed E-state index contributed by atoms with van der Waals surface area (Å²) in [6.45, 7) is 19.6. The van der Waals surface area contributed by atoms with Crippen LogP contribution in [-0.4, -0.2) is 38.0 Å². The smallest absolute Gasteiger partial charge is 0.310 e. The second-order valence-corrected chi connectivity index (χ2v) is 16.9. The van der Waals surface area contributed by atoms with Crippen LogP contribution in [0.4, 0.5) is 5.69 Å². The van der Waals surface area contributed by atoms with Crippen LogP contribution in [0.15, 0.2) is 42.6 Å². The maximum atomic E-state index is 12.4. The lowest BCUT2D eigenvalue weighted by molar-refractivity contribution is -0.153. The van der Waals surface area contributed by atoms with Gasteiger partial charge >= 0.3 is 5.97 Å². The van der Waals surface area contributed by atoms with Crippen LogP contribution in [0.3, 0.4) is 0 Å². The highest BCUT2D eigenvalue weighted by atomic mass is 28.4. The zero-order valence-electron chi connectivity index (χ0n) is 22.3. The van der Waals surface area contributed by atoms with Crippen molar-refractivity contribution >= 4 is 20.0 Å². The van der Waals surface area contributed by atoms with Crippen molar-refractivity contribution in [1.82, 2.24) is 4.98 Å². The number of esters is 1. The highest BCUT2D eigenvalue weighted by Gasteiger charge is 2.38. The molecule has 186 valence electrons. The van der Waals surface area contributed by atoms with Gasteiger partial charge in [-0.3, -0.25) is 9.78 Å². The largest absolute Gasteiger partial charge is 0.460 e. The molecule has 2 heterocycles. The quantitative estimate of drug-likeness (QED) is 0.349. The summed E-state index contributed by atoms with van der Waals surface area (Å²) in [5.74, 6) is 0.162. The molecule has 0 saturated heterocycles. The van der Waals surface area contributed by atoms with E-state index in [2.05, 4.69) is 69.1 Å². The zero-order valence-corrected chi connectivity index (χ0v) is 23.3. The van der Waals surface area contributed by atoms with E-state index in [1.807, 2.05) is 33.0 Å². The number of pyridine rings is 1. The number of aromatic nitrogens is 1. The summed E-state index contributed by atoms with van der Waals surface area (Å²) in [7, 11) is -1.81. The lowest BCUT2D eigenvalue weighted by Crippen LogP contribution is -2.44. The number of ether oxygens (including phenoxy) is 1. The maximum absolute atomic E-state index is 12.4. The molecule has 1 unspecified atom stereocenters. The van der Waals surface area contributed by atoms with Gasteiger partial charge in [-0.05, 0) is 62.5 Å². The van der Waals surface area contributed by atoms with Crippen LogP contribution < -0.4 is 4.90 Å². The Hall–Kier alpha value is -2.18. The fourth-order valence-electron chi connectivity index (χ4n) is 3.95. The molecule has 1 aromatic heterocycles. The number of nitrogens with zero attached hydrogens (tertiary/aromatic N) is 2. The highest BCUT2D eigenvalue weighted by molar-refractivity contribution is 6.74. The molecule has 0 amide bonds. The fraction of sp³-hybridized carbons (Fsp3) is 0.571. The van der Waals surface area contributed by atoms with E-state index >= 15 is 0 Å². The molecule has 0 aliphatic carbocycles. The van der Waals surface area contributed by atoms with Crippen molar-refractivity contribution in [2.75, 3.05) is 18.1 Å². The molecule has 34 heavy (non-hydrogen) atoms. The van der Waals surface area contributed by atoms with Crippen molar-refractivity contribution in [1.29, 1.82) is 0 Å². The molecule has 3 rings (SSSR count). The van der Waals surface area contributed by atoms with Crippen molar-refractivity contribution in [3.8, 4) is 0 Å². The average Bonchev–Trinajstić information content (AvgIpc) is 2.71. The van der Waals surface area contributed by atoms with Crippen molar-refractivity contribution in [2.24, 2.45) is 5.92 Å². The first-order valence-corrected chi connectivity index (χ1v) is 15.3. The van der Waals surface area contributed by atoms with Crippen LogP contribution in [0, 0.1) is 5.92 Å². The number of fused-ring (bicyclic) bond motifs is 1. The molecule has 6 heteroatoms. The van der Waals surface area contributed by atoms with Gasteiger partial charge in [-0.25, -0.2) is 0 Å². The molecular formula is C28H42N2O3Si. The van der Waals surface area contributed by atoms with Crippen molar-refractivity contribution in [3.63, 3.8) is 0 Å². The minimum Gasteiger partial charge on any atom is -0.460 e. The molecule has 5 nitrogen and oxygen atoms in total. The van der Waals surface area contributed by atoms with Gasteiger partial charge < -0.3 is 14.1 Å². The second kappa shape index (κ2) is 10.2. The predicted molar refractivity (Wildman–Crippen MR) is 142 cm³/mol. The molecule has 1 atom stereocenters. The minimum absolute atomic E-state index is 0.193. The number of rotatable bonds is 7. The fourth-order valence-corrected chi connectivity index (χ4v) is 5.04. The van der Waals surface area contributed by atoms with Gasteiger partial charge in [0.1, 0.15) is 5.60 Å². The van der Waals surface area contributed by atoms with Crippen LogP contribution in [0.5, 0.6) is 0 Å². The van der Waals surface area contributed by atoms with E-state index in [1.54, 1.807) is 0 Å². The Balaban J connectivity index is 1.81. The number of hydrogen-bond donors (Lipinski definition) is 0. The Morgan fingerprint density at radius 3 is 2.38 bits per heavy atom. The molecule has 0 bridgehead atoms. The lowest BCUT2D eigenvalue weighted by Gasteiger charge is -2.40. The standard InChI is InChI=1S/C28H42N2O3Si/c1-27(2,3)33-26(31)16-22-15-25-24(29-17-22)14-23(20-32-34(7,8)28(4,5)6)19-30(25)18-21-12-10-9-11-13-21/h9-13,15,17,23H,14,16,18-20H2,1-8H3. The molecule has 0 radical (unpaired) electrons. The lowest BCUT2D eigenvalue weighted by atomic mass is 9.95. The van der Waals surface area contributed by atoms with E-state index in [0.29, 0.717) is 5.92 Å². The Morgan fingerprint density at radius 1 is 1.09 bits per heavy atom. The van der Waals surface area contributed by atoms with Gasteiger partial charge in [-0.1, -0.05) is 51.1 Å². The summed E-state index contributed by atoms with van der Waals surface area (Å²) < 4.78 is 12.1. The Labute approximate surface area is 207 Å². The van der Waals surface area contributed by atoms with Crippen LogP contribution in [0.1, 0.15) is 58.4 Å². The number of benzene rings is 1. The van der Waals surface area contributed by atoms with Crippen molar-refractivity contribution < 1.29 is 14.0 Å². The van der Waals surface area contributed by atoms with E-state index in [1.165, 1.54) is 5.56 Å². The van der Waals surface area contributed by atoms with Gasteiger partial charge in [0, 0.05) is 31.8 Å².